The highest BCUT2D eigenvalue weighted by atomic mass is 32.1. The van der Waals surface area contributed by atoms with Crippen LogP contribution in [-0.4, -0.2) is 28.8 Å². The van der Waals surface area contributed by atoms with Crippen LogP contribution in [-0.2, 0) is 9.59 Å². The smallest absolute Gasteiger partial charge is 0.326 e. The number of aliphatic carboxylic acids is 1. The molecule has 1 unspecified atom stereocenters. The number of unbranched alkanes of at least 4 members (excludes halogenated alkanes) is 4. The maximum Gasteiger partial charge on any atom is 0.326 e. The topological polar surface area (TPSA) is 66.4 Å². The molecule has 0 aromatic heterocycles. The normalized spacial score (nSPS) is 12.1. The molecule has 0 aliphatic rings. The first kappa shape index (κ1) is 16.3. The van der Waals surface area contributed by atoms with Gasteiger partial charge in [-0.3, -0.25) is 4.79 Å². The van der Waals surface area contributed by atoms with E-state index < -0.39 is 12.0 Å². The highest BCUT2D eigenvalue weighted by molar-refractivity contribution is 7.80. The van der Waals surface area contributed by atoms with E-state index in [9.17, 15) is 9.59 Å². The predicted molar refractivity (Wildman–Crippen MR) is 71.4 cm³/mol. The summed E-state index contributed by atoms with van der Waals surface area (Å²) in [5, 5.41) is 11.4. The second kappa shape index (κ2) is 10.4. The number of nitrogens with one attached hydrogen (secondary N) is 1. The first-order valence-corrected chi connectivity index (χ1v) is 6.88. The highest BCUT2D eigenvalue weighted by Crippen LogP contribution is 2.05. The molecule has 0 fully saturated rings. The van der Waals surface area contributed by atoms with Gasteiger partial charge >= 0.3 is 5.97 Å². The van der Waals surface area contributed by atoms with E-state index in [1.807, 2.05) is 0 Å². The summed E-state index contributed by atoms with van der Waals surface area (Å²) in [5.41, 5.74) is 0. The molecule has 17 heavy (non-hydrogen) atoms. The molecule has 0 saturated carbocycles. The van der Waals surface area contributed by atoms with Crippen molar-refractivity contribution in [3.8, 4) is 0 Å². The molecule has 0 spiro atoms. The number of carbonyl (C=O) groups is 2. The fourth-order valence-electron chi connectivity index (χ4n) is 1.54. The minimum atomic E-state index is -0.988. The summed E-state index contributed by atoms with van der Waals surface area (Å²) in [6.07, 6.45) is 6.15. The summed E-state index contributed by atoms with van der Waals surface area (Å²) in [6, 6.07) is -0.796. The Labute approximate surface area is 109 Å². The van der Waals surface area contributed by atoms with Crippen LogP contribution < -0.4 is 5.32 Å². The van der Waals surface area contributed by atoms with Crippen LogP contribution in [0.1, 0.15) is 51.9 Å². The second-order valence-electron chi connectivity index (χ2n) is 4.13. The van der Waals surface area contributed by atoms with E-state index in [2.05, 4.69) is 24.9 Å². The van der Waals surface area contributed by atoms with Gasteiger partial charge in [-0.15, -0.1) is 0 Å². The molecule has 0 aliphatic heterocycles. The van der Waals surface area contributed by atoms with E-state index >= 15 is 0 Å². The van der Waals surface area contributed by atoms with Crippen molar-refractivity contribution < 1.29 is 14.7 Å². The van der Waals surface area contributed by atoms with Gasteiger partial charge in [0, 0.05) is 6.42 Å². The minimum Gasteiger partial charge on any atom is -0.480 e. The van der Waals surface area contributed by atoms with E-state index in [1.165, 1.54) is 12.8 Å². The molecular weight excluding hydrogens is 238 g/mol. The Hall–Kier alpha value is -0.710. The number of hydrogen-bond donors (Lipinski definition) is 3. The summed E-state index contributed by atoms with van der Waals surface area (Å²) >= 11 is 3.97. The Balaban J connectivity index is 3.71. The van der Waals surface area contributed by atoms with E-state index in [1.54, 1.807) is 0 Å². The number of amides is 1. The maximum atomic E-state index is 11.5. The third kappa shape index (κ3) is 9.03. The summed E-state index contributed by atoms with van der Waals surface area (Å²) in [4.78, 5) is 22.3. The van der Waals surface area contributed by atoms with Crippen LogP contribution in [0.15, 0.2) is 0 Å². The molecule has 0 rings (SSSR count). The van der Waals surface area contributed by atoms with Gasteiger partial charge in [-0.25, -0.2) is 4.79 Å². The van der Waals surface area contributed by atoms with Crippen LogP contribution in [0.2, 0.25) is 0 Å². The Kier molecular flexibility index (Phi) is 10.0. The van der Waals surface area contributed by atoms with Gasteiger partial charge in [0.25, 0.3) is 0 Å². The van der Waals surface area contributed by atoms with E-state index in [0.29, 0.717) is 18.6 Å². The van der Waals surface area contributed by atoms with Crippen LogP contribution in [0.3, 0.4) is 0 Å². The molecule has 0 saturated heterocycles. The van der Waals surface area contributed by atoms with Gasteiger partial charge in [0.15, 0.2) is 0 Å². The molecule has 0 aliphatic carbocycles. The second-order valence-corrected chi connectivity index (χ2v) is 4.58. The van der Waals surface area contributed by atoms with Crippen molar-refractivity contribution in [2.45, 2.75) is 57.9 Å². The van der Waals surface area contributed by atoms with Gasteiger partial charge in [-0.1, -0.05) is 32.6 Å². The zero-order valence-electron chi connectivity index (χ0n) is 10.4. The fraction of sp³-hybridized carbons (Fsp3) is 0.833. The third-order valence-electron chi connectivity index (χ3n) is 2.56. The molecule has 100 valence electrons. The molecule has 0 bridgehead atoms. The van der Waals surface area contributed by atoms with Gasteiger partial charge in [0.1, 0.15) is 6.04 Å². The molecule has 2 N–H and O–H groups in total. The molecule has 0 radical (unpaired) electrons. The number of carboxylic acids is 1. The molecule has 4 nitrogen and oxygen atoms in total. The lowest BCUT2D eigenvalue weighted by molar-refractivity contribution is -0.141. The molecule has 1 atom stereocenters. The average molecular weight is 261 g/mol. The molecule has 0 aromatic rings. The van der Waals surface area contributed by atoms with Crippen molar-refractivity contribution in [3.63, 3.8) is 0 Å². The van der Waals surface area contributed by atoms with Crippen molar-refractivity contribution >= 4 is 24.5 Å². The van der Waals surface area contributed by atoms with Crippen molar-refractivity contribution in [2.75, 3.05) is 5.75 Å². The quantitative estimate of drug-likeness (QED) is 0.417. The molecule has 1 amide bonds. The number of rotatable bonds is 10. The van der Waals surface area contributed by atoms with Crippen molar-refractivity contribution in [3.05, 3.63) is 0 Å². The van der Waals surface area contributed by atoms with E-state index in [-0.39, 0.29) is 5.91 Å². The Morgan fingerprint density at radius 3 is 2.41 bits per heavy atom. The zero-order valence-corrected chi connectivity index (χ0v) is 11.3. The lowest BCUT2D eigenvalue weighted by atomic mass is 10.1. The summed E-state index contributed by atoms with van der Waals surface area (Å²) < 4.78 is 0. The first-order valence-electron chi connectivity index (χ1n) is 6.24. The maximum absolute atomic E-state index is 11.5. The standard InChI is InChI=1S/C12H23NO3S/c1-2-3-4-5-6-7-11(14)13-10(8-9-17)12(15)16/h10,17H,2-9H2,1H3,(H,13,14)(H,15,16). The molecule has 0 heterocycles. The SMILES string of the molecule is CCCCCCCC(=O)NC(CCS)C(=O)O. The predicted octanol–water partition coefficient (Wildman–Crippen LogP) is 2.24. The summed E-state index contributed by atoms with van der Waals surface area (Å²) in [5.74, 6) is -0.706. The third-order valence-corrected chi connectivity index (χ3v) is 2.82. The van der Waals surface area contributed by atoms with E-state index in [4.69, 9.17) is 5.11 Å². The highest BCUT2D eigenvalue weighted by Gasteiger charge is 2.18. The van der Waals surface area contributed by atoms with Crippen LogP contribution in [0.4, 0.5) is 0 Å². The summed E-state index contributed by atoms with van der Waals surface area (Å²) in [6.45, 7) is 2.14. The van der Waals surface area contributed by atoms with Crippen LogP contribution in [0.25, 0.3) is 0 Å². The molecular formula is C12H23NO3S. The van der Waals surface area contributed by atoms with Gasteiger partial charge in [-0.05, 0) is 18.6 Å². The Morgan fingerprint density at radius 1 is 1.24 bits per heavy atom. The van der Waals surface area contributed by atoms with Gasteiger partial charge in [-0.2, -0.15) is 12.6 Å². The first-order chi connectivity index (χ1) is 8.11. The summed E-state index contributed by atoms with van der Waals surface area (Å²) in [7, 11) is 0. The Morgan fingerprint density at radius 2 is 1.88 bits per heavy atom. The molecule has 0 aromatic carbocycles. The number of carbonyl (C=O) groups excluding carboxylic acids is 1. The van der Waals surface area contributed by atoms with Crippen molar-refractivity contribution in [2.24, 2.45) is 0 Å². The fourth-order valence-corrected chi connectivity index (χ4v) is 1.80. The van der Waals surface area contributed by atoms with Crippen LogP contribution >= 0.6 is 12.6 Å². The van der Waals surface area contributed by atoms with Crippen molar-refractivity contribution in [1.82, 2.24) is 5.32 Å². The number of thiol groups is 1. The number of carboxylic acid groups (broad SMARTS) is 1. The Bertz CT molecular complexity index is 234. The molecule has 5 heteroatoms. The van der Waals surface area contributed by atoms with Crippen LogP contribution in [0.5, 0.6) is 0 Å². The van der Waals surface area contributed by atoms with Crippen molar-refractivity contribution in [1.29, 1.82) is 0 Å². The monoisotopic (exact) mass is 261 g/mol. The number of hydrogen-bond acceptors (Lipinski definition) is 3. The average Bonchev–Trinajstić information content (AvgIpc) is 2.28. The van der Waals surface area contributed by atoms with Gasteiger partial charge in [0.05, 0.1) is 0 Å². The van der Waals surface area contributed by atoms with Gasteiger partial charge in [0.2, 0.25) is 5.91 Å². The van der Waals surface area contributed by atoms with E-state index in [0.717, 1.165) is 19.3 Å². The van der Waals surface area contributed by atoms with Gasteiger partial charge < -0.3 is 10.4 Å². The zero-order chi connectivity index (χ0) is 13.1. The minimum absolute atomic E-state index is 0.171. The lowest BCUT2D eigenvalue weighted by Gasteiger charge is -2.13. The largest absolute Gasteiger partial charge is 0.480 e. The lowest BCUT2D eigenvalue weighted by Crippen LogP contribution is -2.40. The van der Waals surface area contributed by atoms with Crippen LogP contribution in [0, 0.1) is 0 Å².